The van der Waals surface area contributed by atoms with Crippen molar-refractivity contribution < 1.29 is 24.0 Å². The highest BCUT2D eigenvalue weighted by Crippen LogP contribution is 2.34. The number of ether oxygens (including phenoxy) is 1. The van der Waals surface area contributed by atoms with E-state index < -0.39 is 28.7 Å². The van der Waals surface area contributed by atoms with Crippen molar-refractivity contribution in [2.24, 2.45) is 5.73 Å². The molecular weight excluding hydrogens is 378 g/mol. The van der Waals surface area contributed by atoms with Gasteiger partial charge in [-0.15, -0.1) is 11.3 Å². The Balaban J connectivity index is 2.32. The molecule has 0 saturated carbocycles. The predicted octanol–water partition coefficient (Wildman–Crippen LogP) is 1.64. The smallest absolute Gasteiger partial charge is 0.341 e. The summed E-state index contributed by atoms with van der Waals surface area (Å²) in [5, 5.41) is 17.2. The molecule has 0 aromatic carbocycles. The maximum Gasteiger partial charge on any atom is 0.341 e. The van der Waals surface area contributed by atoms with Crippen molar-refractivity contribution in [3.63, 3.8) is 0 Å². The lowest BCUT2D eigenvalue weighted by molar-refractivity contribution is -0.385. The number of rotatable bonds is 7. The van der Waals surface area contributed by atoms with E-state index in [1.54, 1.807) is 6.92 Å². The minimum absolute atomic E-state index is 0.0441. The number of nitrogens with one attached hydrogen (secondary N) is 1. The van der Waals surface area contributed by atoms with Gasteiger partial charge in [-0.3, -0.25) is 24.4 Å². The van der Waals surface area contributed by atoms with E-state index >= 15 is 0 Å². The summed E-state index contributed by atoms with van der Waals surface area (Å²) in [5.41, 5.74) is 5.41. The van der Waals surface area contributed by atoms with Crippen molar-refractivity contribution in [2.75, 3.05) is 11.9 Å². The van der Waals surface area contributed by atoms with Crippen molar-refractivity contribution in [3.8, 4) is 0 Å². The number of thiophene rings is 1. The van der Waals surface area contributed by atoms with E-state index in [9.17, 15) is 24.5 Å². The topological polar surface area (TPSA) is 159 Å². The molecule has 0 aliphatic carbocycles. The average Bonchev–Trinajstić information content (AvgIpc) is 3.19. The van der Waals surface area contributed by atoms with Gasteiger partial charge in [-0.25, -0.2) is 4.79 Å². The van der Waals surface area contributed by atoms with E-state index in [0.29, 0.717) is 5.56 Å². The summed E-state index contributed by atoms with van der Waals surface area (Å²) >= 11 is 0.854. The van der Waals surface area contributed by atoms with E-state index in [0.717, 1.165) is 28.4 Å². The number of nitrogens with zero attached hydrogens (tertiary/aromatic N) is 3. The Bertz CT molecular complexity index is 918. The molecule has 144 valence electrons. The van der Waals surface area contributed by atoms with Crippen LogP contribution in [0.3, 0.4) is 0 Å². The van der Waals surface area contributed by atoms with E-state index in [2.05, 4.69) is 10.4 Å². The third-order valence-corrected chi connectivity index (χ3v) is 4.88. The molecule has 11 nitrogen and oxygen atoms in total. The SMILES string of the molecule is CCOC(=O)c1c(NC(=O)C(C)n2cc([N+](=O)[O-])cn2)sc(C(N)=O)c1C. The molecule has 1 unspecified atom stereocenters. The second kappa shape index (κ2) is 7.95. The van der Waals surface area contributed by atoms with E-state index in [4.69, 9.17) is 10.5 Å². The number of esters is 1. The minimum Gasteiger partial charge on any atom is -0.462 e. The first-order valence-electron chi connectivity index (χ1n) is 7.77. The number of anilines is 1. The monoisotopic (exact) mass is 395 g/mol. The van der Waals surface area contributed by atoms with Gasteiger partial charge in [0.25, 0.3) is 5.91 Å². The number of hydrogen-bond donors (Lipinski definition) is 2. The van der Waals surface area contributed by atoms with Crippen molar-refractivity contribution in [1.82, 2.24) is 9.78 Å². The molecule has 2 amide bonds. The molecule has 0 radical (unpaired) electrons. The summed E-state index contributed by atoms with van der Waals surface area (Å²) < 4.78 is 6.09. The van der Waals surface area contributed by atoms with Gasteiger partial charge in [-0.1, -0.05) is 0 Å². The number of primary amides is 1. The van der Waals surface area contributed by atoms with Gasteiger partial charge in [-0.05, 0) is 26.3 Å². The standard InChI is InChI=1S/C15H17N5O6S/c1-4-26-15(23)10-7(2)11(12(16)21)27-14(10)18-13(22)8(3)19-6-9(5-17-19)20(24)25/h5-6,8H,4H2,1-3H3,(H2,16,21)(H,18,22). The predicted molar refractivity (Wildman–Crippen MR) is 95.8 cm³/mol. The van der Waals surface area contributed by atoms with Crippen molar-refractivity contribution in [1.29, 1.82) is 0 Å². The largest absolute Gasteiger partial charge is 0.462 e. The first-order valence-corrected chi connectivity index (χ1v) is 8.58. The Morgan fingerprint density at radius 1 is 1.48 bits per heavy atom. The third-order valence-electron chi connectivity index (χ3n) is 3.66. The zero-order chi connectivity index (χ0) is 20.3. The second-order valence-corrected chi connectivity index (χ2v) is 6.47. The summed E-state index contributed by atoms with van der Waals surface area (Å²) in [4.78, 5) is 46.5. The van der Waals surface area contributed by atoms with Crippen molar-refractivity contribution in [3.05, 3.63) is 38.5 Å². The summed E-state index contributed by atoms with van der Waals surface area (Å²) in [5.74, 6) is -2.02. The normalized spacial score (nSPS) is 11.7. The maximum absolute atomic E-state index is 12.5. The molecule has 2 aromatic heterocycles. The van der Waals surface area contributed by atoms with Crippen LogP contribution in [0, 0.1) is 17.0 Å². The number of aromatic nitrogens is 2. The van der Waals surface area contributed by atoms with Crippen LogP contribution in [0.2, 0.25) is 0 Å². The molecule has 2 aromatic rings. The summed E-state index contributed by atoms with van der Waals surface area (Å²) in [7, 11) is 0. The molecule has 0 saturated heterocycles. The Morgan fingerprint density at radius 2 is 2.15 bits per heavy atom. The van der Waals surface area contributed by atoms with E-state index in [1.807, 2.05) is 0 Å². The molecule has 3 N–H and O–H groups in total. The van der Waals surface area contributed by atoms with Gasteiger partial charge in [-0.2, -0.15) is 5.10 Å². The highest BCUT2D eigenvalue weighted by Gasteiger charge is 2.27. The van der Waals surface area contributed by atoms with Crippen molar-refractivity contribution in [2.45, 2.75) is 26.8 Å². The van der Waals surface area contributed by atoms with Gasteiger partial charge < -0.3 is 15.8 Å². The van der Waals surface area contributed by atoms with Crippen LogP contribution in [-0.4, -0.2) is 39.1 Å². The molecule has 0 spiro atoms. The number of nitrogens with two attached hydrogens (primary N) is 1. The molecular formula is C15H17N5O6S. The van der Waals surface area contributed by atoms with Crippen LogP contribution >= 0.6 is 11.3 Å². The van der Waals surface area contributed by atoms with Crippen LogP contribution in [0.5, 0.6) is 0 Å². The van der Waals surface area contributed by atoms with Gasteiger partial charge >= 0.3 is 11.7 Å². The van der Waals surface area contributed by atoms with Crippen LogP contribution in [0.25, 0.3) is 0 Å². The zero-order valence-electron chi connectivity index (χ0n) is 14.7. The number of nitro groups is 1. The molecule has 27 heavy (non-hydrogen) atoms. The van der Waals surface area contributed by atoms with Gasteiger partial charge in [0.2, 0.25) is 5.91 Å². The van der Waals surface area contributed by atoms with Crippen molar-refractivity contribution >= 4 is 39.8 Å². The molecule has 0 aliphatic rings. The molecule has 2 rings (SSSR count). The zero-order valence-corrected chi connectivity index (χ0v) is 15.5. The van der Waals surface area contributed by atoms with Crippen LogP contribution in [0.15, 0.2) is 12.4 Å². The van der Waals surface area contributed by atoms with Crippen LogP contribution in [-0.2, 0) is 9.53 Å². The summed E-state index contributed by atoms with van der Waals surface area (Å²) in [6.07, 6.45) is 2.14. The second-order valence-electron chi connectivity index (χ2n) is 5.45. The van der Waals surface area contributed by atoms with Crippen LogP contribution < -0.4 is 11.1 Å². The molecule has 12 heteroatoms. The summed E-state index contributed by atoms with van der Waals surface area (Å²) in [6.45, 7) is 4.74. The highest BCUT2D eigenvalue weighted by molar-refractivity contribution is 7.18. The molecule has 0 aliphatic heterocycles. The molecule has 2 heterocycles. The van der Waals surface area contributed by atoms with Gasteiger partial charge in [0.05, 0.1) is 22.0 Å². The molecule has 1 atom stereocenters. The van der Waals surface area contributed by atoms with Gasteiger partial charge in [0, 0.05) is 0 Å². The first kappa shape index (κ1) is 20.0. The minimum atomic E-state index is -0.909. The number of hydrogen-bond acceptors (Lipinski definition) is 8. The average molecular weight is 395 g/mol. The fourth-order valence-electron chi connectivity index (χ4n) is 2.26. The Morgan fingerprint density at radius 3 is 2.67 bits per heavy atom. The van der Waals surface area contributed by atoms with E-state index in [-0.39, 0.29) is 27.7 Å². The third kappa shape index (κ3) is 4.11. The summed E-state index contributed by atoms with van der Waals surface area (Å²) in [6, 6.07) is -0.909. The maximum atomic E-state index is 12.5. The van der Waals surface area contributed by atoms with Crippen LogP contribution in [0.1, 0.15) is 45.5 Å². The fourth-order valence-corrected chi connectivity index (χ4v) is 3.31. The number of carbonyl (C=O) groups is 3. The fraction of sp³-hybridized carbons (Fsp3) is 0.333. The first-order chi connectivity index (χ1) is 12.7. The number of amides is 2. The lowest BCUT2D eigenvalue weighted by Crippen LogP contribution is -2.24. The Kier molecular flexibility index (Phi) is 5.90. The lowest BCUT2D eigenvalue weighted by atomic mass is 10.1. The number of carbonyl (C=O) groups excluding carboxylic acids is 3. The van der Waals surface area contributed by atoms with E-state index in [1.165, 1.54) is 13.8 Å². The van der Waals surface area contributed by atoms with Gasteiger partial charge in [0.1, 0.15) is 23.4 Å². The highest BCUT2D eigenvalue weighted by atomic mass is 32.1. The molecule has 0 fully saturated rings. The Labute approximate surface area is 157 Å². The molecule has 0 bridgehead atoms. The van der Waals surface area contributed by atoms with Crippen LogP contribution in [0.4, 0.5) is 10.7 Å². The van der Waals surface area contributed by atoms with Gasteiger partial charge in [0.15, 0.2) is 0 Å². The lowest BCUT2D eigenvalue weighted by Gasteiger charge is -2.12. The Hall–Kier alpha value is -3.28. The quantitative estimate of drug-likeness (QED) is 0.409.